The van der Waals surface area contributed by atoms with Crippen LogP contribution in [0.2, 0.25) is 0 Å². The molecule has 6 heteroatoms. The Hall–Kier alpha value is -2.94. The van der Waals surface area contributed by atoms with Crippen molar-refractivity contribution in [3.8, 4) is 11.5 Å². The Morgan fingerprint density at radius 1 is 0.538 bits per heavy atom. The van der Waals surface area contributed by atoms with Gasteiger partial charge in [0.05, 0.1) is 0 Å². The molecule has 4 nitrogen and oxygen atoms in total. The third-order valence-corrected chi connectivity index (χ3v) is 12.8. The molecule has 0 spiro atoms. The molecule has 0 aromatic heterocycles. The molecule has 0 bridgehead atoms. The molecule has 0 amide bonds. The Balaban J connectivity index is 0.00000523. The Labute approximate surface area is 336 Å². The molecule has 1 heterocycles. The fraction of sp³-hybridized carbons (Fsp3) is 0.435. The molecule has 2 atom stereocenters. The fourth-order valence-corrected chi connectivity index (χ4v) is 9.28. The minimum atomic E-state index is -0.383. The molecular weight excluding hydrogens is 798 g/mol. The Morgan fingerprint density at radius 2 is 0.885 bits per heavy atom. The predicted octanol–water partition coefficient (Wildman–Crippen LogP) is 7.15. The van der Waals surface area contributed by atoms with Crippen LogP contribution in [0.4, 0.5) is 0 Å². The van der Waals surface area contributed by atoms with Crippen LogP contribution in [0.3, 0.4) is 0 Å². The third kappa shape index (κ3) is 7.95. The summed E-state index contributed by atoms with van der Waals surface area (Å²) in [5, 5.41) is 24.1. The number of nitrogens with zero attached hydrogens (tertiary/aromatic N) is 2. The van der Waals surface area contributed by atoms with Crippen LogP contribution in [-0.2, 0) is 36.8 Å². The van der Waals surface area contributed by atoms with Gasteiger partial charge in [0.15, 0.2) is 0 Å². The maximum absolute atomic E-state index is 12.1. The summed E-state index contributed by atoms with van der Waals surface area (Å²) in [6, 6.07) is 30.4. The summed E-state index contributed by atoms with van der Waals surface area (Å²) in [4.78, 5) is 0. The molecule has 1 saturated heterocycles. The van der Waals surface area contributed by atoms with E-state index >= 15 is 0 Å². The van der Waals surface area contributed by atoms with Gasteiger partial charge in [-0.1, -0.05) is 0 Å². The standard InChI is InChI=1S/C46H58N2O2.Co.HI/c1-43(2,3)35-25-31(41(49)37(27-35)45(7,8)33-19-13-11-14-20-33)29-47-39-23-17-18-24-40(39)48-30-32-26-36(44(4,5)6)28-38(42(32)50)46(9,10)34-21-15-12-16-22-34;;/h11-16,19-22,25-30,39-40,49-50H,17-18,23-24H2,1-10H3;;1H/q;+2;/p-1/t39-,40-;;/m1../s1. The second kappa shape index (κ2) is 15.1. The fourth-order valence-electron chi connectivity index (χ4n) is 7.66. The van der Waals surface area contributed by atoms with Crippen LogP contribution in [0.25, 0.3) is 0 Å². The van der Waals surface area contributed by atoms with E-state index < -0.39 is 0 Å². The molecule has 52 heavy (non-hydrogen) atoms. The van der Waals surface area contributed by atoms with E-state index in [0.717, 1.165) is 50.2 Å². The van der Waals surface area contributed by atoms with Crippen LogP contribution >= 0.6 is 0 Å². The minimum absolute atomic E-state index is 0. The van der Waals surface area contributed by atoms with E-state index in [1.165, 1.54) is 35.1 Å². The number of rotatable bonds is 6. The molecule has 4 aromatic rings. The van der Waals surface area contributed by atoms with E-state index in [0.29, 0.717) is 23.6 Å². The van der Waals surface area contributed by atoms with Gasteiger partial charge in [-0.2, -0.15) is 0 Å². The molecule has 2 aliphatic rings. The first-order valence-electron chi connectivity index (χ1n) is 18.6. The van der Waals surface area contributed by atoms with Crippen molar-refractivity contribution in [2.24, 2.45) is 0 Å². The van der Waals surface area contributed by atoms with E-state index in [1.807, 2.05) is 12.1 Å². The Bertz CT molecular complexity index is 1820. The number of phenols is 2. The van der Waals surface area contributed by atoms with Crippen molar-refractivity contribution >= 4 is 12.4 Å². The number of aromatic hydroxyl groups is 2. The van der Waals surface area contributed by atoms with Crippen LogP contribution in [0.5, 0.6) is 11.5 Å². The molecule has 4 aromatic carbocycles. The van der Waals surface area contributed by atoms with Gasteiger partial charge < -0.3 is 24.0 Å². The first-order chi connectivity index (χ1) is 23.9. The van der Waals surface area contributed by atoms with Gasteiger partial charge in [-0.05, 0) is 0 Å². The Morgan fingerprint density at radius 3 is 1.21 bits per heavy atom. The van der Waals surface area contributed by atoms with Crippen molar-refractivity contribution in [1.29, 1.82) is 0 Å². The second-order valence-electron chi connectivity index (χ2n) is 17.8. The number of phenolic OH excluding ortho intramolecular Hbond substituents is 2. The second-order valence-corrected chi connectivity index (χ2v) is 19.1. The molecule has 279 valence electrons. The number of fused-ring (bicyclic) bond motifs is 1. The summed E-state index contributed by atoms with van der Waals surface area (Å²) >= 11 is 1.07. The van der Waals surface area contributed by atoms with Crippen LogP contribution < -0.4 is 24.0 Å². The molecule has 6 rings (SSSR count). The maximum atomic E-state index is 12.1. The van der Waals surface area contributed by atoms with Crippen LogP contribution in [0, 0.1) is 0 Å². The zero-order valence-corrected chi connectivity index (χ0v) is 35.9. The zero-order chi connectivity index (χ0) is 36.9. The van der Waals surface area contributed by atoms with Gasteiger partial charge in [0.2, 0.25) is 0 Å². The van der Waals surface area contributed by atoms with Gasteiger partial charge in [-0.3, -0.25) is 0 Å². The van der Waals surface area contributed by atoms with Gasteiger partial charge in [0.25, 0.3) is 0 Å². The number of hydrogen-bond donors (Lipinski definition) is 2. The summed E-state index contributed by atoms with van der Waals surface area (Å²) in [6.45, 7) is 22.3. The molecule has 2 N–H and O–H groups in total. The van der Waals surface area contributed by atoms with Crippen molar-refractivity contribution < 1.29 is 56.6 Å². The number of benzene rings is 4. The monoisotopic (exact) mass is 856 g/mol. The topological polar surface area (TPSA) is 46.5 Å². The quantitative estimate of drug-likeness (QED) is 0.203. The van der Waals surface area contributed by atoms with E-state index in [-0.39, 0.29) is 45.6 Å². The summed E-state index contributed by atoms with van der Waals surface area (Å²) in [5.41, 5.74) is 7.46. The van der Waals surface area contributed by atoms with Gasteiger partial charge in [0.1, 0.15) is 0 Å². The molecule has 1 saturated carbocycles. The van der Waals surface area contributed by atoms with Crippen molar-refractivity contribution in [2.45, 2.75) is 129 Å². The third-order valence-electron chi connectivity index (χ3n) is 11.3. The minimum Gasteiger partial charge on any atom is -1.00 e. The molecule has 2 fully saturated rings. The van der Waals surface area contributed by atoms with Gasteiger partial charge in [-0.15, -0.1) is 0 Å². The zero-order valence-electron chi connectivity index (χ0n) is 32.7. The van der Waals surface area contributed by atoms with Crippen molar-refractivity contribution in [2.75, 3.05) is 0 Å². The Kier molecular flexibility index (Phi) is 11.7. The van der Waals surface area contributed by atoms with Crippen molar-refractivity contribution in [1.82, 2.24) is 0 Å². The predicted molar refractivity (Wildman–Crippen MR) is 208 cm³/mol. The largest absolute Gasteiger partial charge is 1.00 e. The average molecular weight is 857 g/mol. The smallest absolute Gasteiger partial charge is 1.00 e. The normalized spacial score (nSPS) is 20.0. The summed E-state index contributed by atoms with van der Waals surface area (Å²) in [5.74, 6) is 0.703. The maximum Gasteiger partial charge on any atom is -1.00 e. The van der Waals surface area contributed by atoms with Gasteiger partial charge in [0, 0.05) is 0 Å². The number of hydrogen-bond acceptors (Lipinski definition) is 2. The van der Waals surface area contributed by atoms with Gasteiger partial charge in [-0.25, -0.2) is 0 Å². The SMILES string of the molecule is CC(C)(C)c1cc(C=[N+]2[Co][N+](=Cc3cc(C(C)(C)C)cc(C(C)(C)c4ccccc4)c3O)[C@@H]3CCCC[C@H]32)c(O)c(C(C)(C)c2ccccc2)c1.[I-]. The summed E-state index contributed by atoms with van der Waals surface area (Å²) in [6.07, 6.45) is 8.99. The number of halogens is 1. The molecular formula is C46H58CoIN2O2+. The summed E-state index contributed by atoms with van der Waals surface area (Å²) in [7, 11) is 0. The van der Waals surface area contributed by atoms with E-state index in [1.54, 1.807) is 0 Å². The summed E-state index contributed by atoms with van der Waals surface area (Å²) < 4.78 is 4.86. The van der Waals surface area contributed by atoms with Crippen molar-refractivity contribution in [3.05, 3.63) is 129 Å². The first kappa shape index (κ1) is 40.2. The average Bonchev–Trinajstić information content (AvgIpc) is 3.42. The van der Waals surface area contributed by atoms with Crippen LogP contribution in [0.15, 0.2) is 84.9 Å². The van der Waals surface area contributed by atoms with Crippen LogP contribution in [0.1, 0.15) is 139 Å². The molecule has 0 unspecified atom stereocenters. The van der Waals surface area contributed by atoms with E-state index in [2.05, 4.69) is 162 Å². The van der Waals surface area contributed by atoms with Gasteiger partial charge >= 0.3 is 315 Å². The van der Waals surface area contributed by atoms with E-state index in [4.69, 9.17) is 0 Å². The van der Waals surface area contributed by atoms with E-state index in [9.17, 15) is 10.2 Å². The first-order valence-corrected chi connectivity index (χ1v) is 19.6. The molecule has 1 aliphatic heterocycles. The van der Waals surface area contributed by atoms with Crippen molar-refractivity contribution in [3.63, 3.8) is 0 Å². The molecule has 0 radical (unpaired) electrons. The molecule has 1 aliphatic carbocycles. The van der Waals surface area contributed by atoms with Crippen LogP contribution in [-0.4, -0.2) is 42.0 Å².